The summed E-state index contributed by atoms with van der Waals surface area (Å²) in [4.78, 5) is 14.4. The predicted octanol–water partition coefficient (Wildman–Crippen LogP) is 3.38. The topological polar surface area (TPSA) is 49.8 Å². The highest BCUT2D eigenvalue weighted by Gasteiger charge is 2.13. The van der Waals surface area contributed by atoms with Crippen molar-refractivity contribution < 1.29 is 14.6 Å². The first-order chi connectivity index (χ1) is 10.6. The Labute approximate surface area is 143 Å². The molecule has 0 amide bonds. The Kier molecular flexibility index (Phi) is 7.59. The van der Waals surface area contributed by atoms with E-state index in [9.17, 15) is 9.90 Å². The van der Waals surface area contributed by atoms with Crippen molar-refractivity contribution in [3.8, 4) is 11.5 Å². The van der Waals surface area contributed by atoms with Gasteiger partial charge in [0, 0.05) is 18.2 Å². The second kappa shape index (κ2) is 9.18. The van der Waals surface area contributed by atoms with Gasteiger partial charge >= 0.3 is 0 Å². The summed E-state index contributed by atoms with van der Waals surface area (Å²) in [5, 5.41) is 10.1. The molecule has 0 saturated carbocycles. The normalized spacial score (nSPS) is 10.2. The maximum absolute atomic E-state index is 12.3. The van der Waals surface area contributed by atoms with Crippen LogP contribution in [0.2, 0.25) is 0 Å². The highest BCUT2D eigenvalue weighted by atomic mass is 35.5. The number of rotatable bonds is 7. The van der Waals surface area contributed by atoms with Crippen molar-refractivity contribution in [3.05, 3.63) is 59.7 Å². The molecule has 5 heteroatoms. The first-order valence-corrected chi connectivity index (χ1v) is 7.28. The van der Waals surface area contributed by atoms with Crippen molar-refractivity contribution >= 4 is 18.2 Å². The lowest BCUT2D eigenvalue weighted by Gasteiger charge is -2.11. The third kappa shape index (κ3) is 5.58. The first kappa shape index (κ1) is 19.0. The lowest BCUT2D eigenvalue weighted by atomic mass is 10.0. The summed E-state index contributed by atoms with van der Waals surface area (Å²) >= 11 is 0. The van der Waals surface area contributed by atoms with Crippen LogP contribution in [0.5, 0.6) is 11.5 Å². The summed E-state index contributed by atoms with van der Waals surface area (Å²) in [6.07, 6.45) is 0.901. The number of carbonyl (C=O) groups excluding carboxylic acids is 1. The Balaban J connectivity index is 0.00000264. The van der Waals surface area contributed by atoms with E-state index in [0.29, 0.717) is 17.9 Å². The highest BCUT2D eigenvalue weighted by molar-refractivity contribution is 6.10. The van der Waals surface area contributed by atoms with Crippen LogP contribution in [0.4, 0.5) is 0 Å². The van der Waals surface area contributed by atoms with Crippen LogP contribution in [0.25, 0.3) is 0 Å². The van der Waals surface area contributed by atoms with Gasteiger partial charge in [-0.15, -0.1) is 12.4 Å². The van der Waals surface area contributed by atoms with Crippen molar-refractivity contribution in [2.75, 3.05) is 27.2 Å². The number of hydrogen-bond acceptors (Lipinski definition) is 4. The van der Waals surface area contributed by atoms with Gasteiger partial charge in [0.25, 0.3) is 0 Å². The zero-order valence-electron chi connectivity index (χ0n) is 13.4. The van der Waals surface area contributed by atoms with Crippen molar-refractivity contribution in [1.29, 1.82) is 0 Å². The van der Waals surface area contributed by atoms with E-state index >= 15 is 0 Å². The Bertz CT molecular complexity index is 629. The van der Waals surface area contributed by atoms with Crippen LogP contribution >= 0.6 is 12.4 Å². The van der Waals surface area contributed by atoms with Gasteiger partial charge in [-0.25, -0.2) is 0 Å². The van der Waals surface area contributed by atoms with E-state index in [-0.39, 0.29) is 29.5 Å². The molecule has 124 valence electrons. The molecule has 0 spiro atoms. The van der Waals surface area contributed by atoms with Gasteiger partial charge in [0.05, 0.1) is 12.2 Å². The van der Waals surface area contributed by atoms with Crippen LogP contribution in [0.3, 0.4) is 0 Å². The SMILES string of the molecule is CN(C)CCCOc1ccc(C(=O)c2ccccc2)c(O)c1.Cl. The van der Waals surface area contributed by atoms with Gasteiger partial charge in [-0.3, -0.25) is 4.79 Å². The minimum Gasteiger partial charge on any atom is -0.507 e. The quantitative estimate of drug-likeness (QED) is 0.622. The molecule has 0 aliphatic heterocycles. The summed E-state index contributed by atoms with van der Waals surface area (Å²) < 4.78 is 5.58. The fourth-order valence-electron chi connectivity index (χ4n) is 2.11. The molecular formula is C18H22ClNO3. The summed E-state index contributed by atoms with van der Waals surface area (Å²) in [5.74, 6) is 0.317. The molecule has 2 aromatic rings. The molecule has 1 N–H and O–H groups in total. The number of ketones is 1. The number of carbonyl (C=O) groups is 1. The molecule has 0 fully saturated rings. The second-order valence-electron chi connectivity index (χ2n) is 5.38. The zero-order chi connectivity index (χ0) is 15.9. The zero-order valence-corrected chi connectivity index (χ0v) is 14.2. The van der Waals surface area contributed by atoms with Crippen LogP contribution in [-0.2, 0) is 0 Å². The van der Waals surface area contributed by atoms with E-state index < -0.39 is 0 Å². The number of hydrogen-bond donors (Lipinski definition) is 1. The lowest BCUT2D eigenvalue weighted by molar-refractivity contribution is 0.103. The fourth-order valence-corrected chi connectivity index (χ4v) is 2.11. The van der Waals surface area contributed by atoms with E-state index in [4.69, 9.17) is 4.74 Å². The number of halogens is 1. The van der Waals surface area contributed by atoms with Crippen molar-refractivity contribution in [1.82, 2.24) is 4.90 Å². The number of ether oxygens (including phenoxy) is 1. The molecule has 0 aromatic heterocycles. The van der Waals surface area contributed by atoms with Gasteiger partial charge in [0.15, 0.2) is 5.78 Å². The molecule has 0 unspecified atom stereocenters. The molecule has 0 radical (unpaired) electrons. The van der Waals surface area contributed by atoms with Crippen LogP contribution in [0.1, 0.15) is 22.3 Å². The van der Waals surface area contributed by atoms with Crippen molar-refractivity contribution in [2.45, 2.75) is 6.42 Å². The average molecular weight is 336 g/mol. The molecular weight excluding hydrogens is 314 g/mol. The maximum Gasteiger partial charge on any atom is 0.196 e. The van der Waals surface area contributed by atoms with Crippen LogP contribution < -0.4 is 4.74 Å². The Morgan fingerprint density at radius 3 is 2.43 bits per heavy atom. The lowest BCUT2D eigenvalue weighted by Crippen LogP contribution is -2.15. The average Bonchev–Trinajstić information content (AvgIpc) is 2.52. The molecule has 2 aromatic carbocycles. The van der Waals surface area contributed by atoms with E-state index in [1.165, 1.54) is 6.07 Å². The predicted molar refractivity (Wildman–Crippen MR) is 93.9 cm³/mol. The molecule has 0 atom stereocenters. The minimum absolute atomic E-state index is 0. The van der Waals surface area contributed by atoms with Crippen molar-refractivity contribution in [2.24, 2.45) is 0 Å². The molecule has 4 nitrogen and oxygen atoms in total. The van der Waals surface area contributed by atoms with Gasteiger partial charge in [-0.1, -0.05) is 30.3 Å². The monoisotopic (exact) mass is 335 g/mol. The molecule has 0 aliphatic carbocycles. The van der Waals surface area contributed by atoms with Crippen LogP contribution in [0.15, 0.2) is 48.5 Å². The highest BCUT2D eigenvalue weighted by Crippen LogP contribution is 2.26. The number of nitrogens with zero attached hydrogens (tertiary/aromatic N) is 1. The fraction of sp³-hybridized carbons (Fsp3) is 0.278. The summed E-state index contributed by atoms with van der Waals surface area (Å²) in [7, 11) is 4.02. The van der Waals surface area contributed by atoms with Gasteiger partial charge in [0.1, 0.15) is 11.5 Å². The maximum atomic E-state index is 12.3. The van der Waals surface area contributed by atoms with Gasteiger partial charge < -0.3 is 14.7 Å². The van der Waals surface area contributed by atoms with E-state index in [0.717, 1.165) is 13.0 Å². The summed E-state index contributed by atoms with van der Waals surface area (Å²) in [6.45, 7) is 1.51. The Morgan fingerprint density at radius 2 is 1.83 bits per heavy atom. The van der Waals surface area contributed by atoms with E-state index in [2.05, 4.69) is 4.90 Å². The molecule has 2 rings (SSSR count). The third-order valence-corrected chi connectivity index (χ3v) is 3.27. The number of benzene rings is 2. The van der Waals surface area contributed by atoms with Crippen molar-refractivity contribution in [3.63, 3.8) is 0 Å². The Hall–Kier alpha value is -2.04. The van der Waals surface area contributed by atoms with Crippen LogP contribution in [-0.4, -0.2) is 43.0 Å². The smallest absolute Gasteiger partial charge is 0.196 e. The van der Waals surface area contributed by atoms with Crippen LogP contribution in [0, 0.1) is 0 Å². The van der Waals surface area contributed by atoms with E-state index in [1.54, 1.807) is 36.4 Å². The first-order valence-electron chi connectivity index (χ1n) is 7.28. The standard InChI is InChI=1S/C18H21NO3.ClH/c1-19(2)11-6-12-22-15-9-10-16(17(20)13-15)18(21)14-7-4-3-5-8-14;/h3-5,7-10,13,20H,6,11-12H2,1-2H3;1H. The largest absolute Gasteiger partial charge is 0.507 e. The third-order valence-electron chi connectivity index (χ3n) is 3.27. The Morgan fingerprint density at radius 1 is 1.13 bits per heavy atom. The minimum atomic E-state index is -0.197. The number of phenolic OH excluding ortho intramolecular Hbond substituents is 1. The molecule has 0 saturated heterocycles. The van der Waals surface area contributed by atoms with Gasteiger partial charge in [0.2, 0.25) is 0 Å². The molecule has 0 aliphatic rings. The number of phenols is 1. The molecule has 0 bridgehead atoms. The second-order valence-corrected chi connectivity index (χ2v) is 5.38. The summed E-state index contributed by atoms with van der Waals surface area (Å²) in [5.41, 5.74) is 0.837. The van der Waals surface area contributed by atoms with E-state index in [1.807, 2.05) is 20.2 Å². The van der Waals surface area contributed by atoms with Gasteiger partial charge in [-0.2, -0.15) is 0 Å². The molecule has 23 heavy (non-hydrogen) atoms. The summed E-state index contributed by atoms with van der Waals surface area (Å²) in [6, 6.07) is 13.7. The molecule has 0 heterocycles. The number of aromatic hydroxyl groups is 1. The van der Waals surface area contributed by atoms with Gasteiger partial charge in [-0.05, 0) is 32.6 Å².